The average molecular weight is 416 g/mol. The molecular weight excluding hydrogens is 390 g/mol. The molecule has 1 unspecified atom stereocenters. The highest BCUT2D eigenvalue weighted by Gasteiger charge is 2.27. The second-order valence-electron chi connectivity index (χ2n) is 7.62. The number of nitrogens with one attached hydrogen (secondary N) is 1. The van der Waals surface area contributed by atoms with Crippen LogP contribution < -0.4 is 5.32 Å². The van der Waals surface area contributed by atoms with E-state index in [1.165, 1.54) is 4.80 Å². The molecule has 0 radical (unpaired) electrons. The molecule has 0 saturated heterocycles. The van der Waals surface area contributed by atoms with Gasteiger partial charge >= 0.3 is 0 Å². The van der Waals surface area contributed by atoms with Crippen LogP contribution in [0, 0.1) is 5.92 Å². The van der Waals surface area contributed by atoms with Gasteiger partial charge < -0.3 is 5.32 Å². The molecule has 1 atom stereocenters. The van der Waals surface area contributed by atoms with Gasteiger partial charge in [0.2, 0.25) is 11.7 Å². The standard InChI is InChI=1S/C23H25N7O/c1-17(2)21(30-27-22(25-28-30)18-9-5-3-6-10-18)23(31)24-15-13-19-14-16-29(26-19)20-11-7-4-8-12-20/h3-12,14,16-17,21H,13,15H2,1-2H3,(H,24,31). The van der Waals surface area contributed by atoms with E-state index in [1.807, 2.05) is 91.5 Å². The van der Waals surface area contributed by atoms with E-state index < -0.39 is 6.04 Å². The van der Waals surface area contributed by atoms with Gasteiger partial charge in [-0.15, -0.1) is 10.2 Å². The monoisotopic (exact) mass is 415 g/mol. The molecule has 0 bridgehead atoms. The predicted molar refractivity (Wildman–Crippen MR) is 117 cm³/mol. The number of para-hydroxylation sites is 1. The third-order valence-electron chi connectivity index (χ3n) is 4.95. The topological polar surface area (TPSA) is 90.5 Å². The van der Waals surface area contributed by atoms with Crippen LogP contribution in [-0.2, 0) is 11.2 Å². The highest BCUT2D eigenvalue weighted by atomic mass is 16.2. The molecule has 0 spiro atoms. The minimum absolute atomic E-state index is 0.00936. The summed E-state index contributed by atoms with van der Waals surface area (Å²) < 4.78 is 1.83. The summed E-state index contributed by atoms with van der Waals surface area (Å²) in [5.74, 6) is 0.384. The highest BCUT2D eigenvalue weighted by molar-refractivity contribution is 5.80. The maximum absolute atomic E-state index is 12.9. The molecule has 0 aliphatic rings. The molecule has 2 aromatic heterocycles. The zero-order valence-electron chi connectivity index (χ0n) is 17.6. The van der Waals surface area contributed by atoms with Crippen molar-refractivity contribution in [2.24, 2.45) is 5.92 Å². The van der Waals surface area contributed by atoms with Crippen molar-refractivity contribution in [3.63, 3.8) is 0 Å². The van der Waals surface area contributed by atoms with Gasteiger partial charge in [0, 0.05) is 24.7 Å². The Labute approximate surface area is 180 Å². The number of rotatable bonds is 8. The van der Waals surface area contributed by atoms with Crippen molar-refractivity contribution < 1.29 is 4.79 Å². The van der Waals surface area contributed by atoms with Crippen LogP contribution in [-0.4, -0.2) is 42.4 Å². The molecule has 0 saturated carbocycles. The van der Waals surface area contributed by atoms with E-state index in [1.54, 1.807) is 0 Å². The normalized spacial score (nSPS) is 12.1. The summed E-state index contributed by atoms with van der Waals surface area (Å²) in [6.07, 6.45) is 2.56. The van der Waals surface area contributed by atoms with E-state index in [4.69, 9.17) is 0 Å². The van der Waals surface area contributed by atoms with Crippen LogP contribution in [0.1, 0.15) is 25.6 Å². The fourth-order valence-corrected chi connectivity index (χ4v) is 3.36. The molecule has 2 aromatic carbocycles. The Balaban J connectivity index is 1.38. The molecule has 1 N–H and O–H groups in total. The van der Waals surface area contributed by atoms with Gasteiger partial charge in [0.25, 0.3) is 0 Å². The maximum Gasteiger partial charge on any atom is 0.247 e. The van der Waals surface area contributed by atoms with E-state index in [2.05, 4.69) is 25.8 Å². The van der Waals surface area contributed by atoms with Crippen LogP contribution in [0.25, 0.3) is 17.1 Å². The molecule has 4 aromatic rings. The maximum atomic E-state index is 12.9. The van der Waals surface area contributed by atoms with Gasteiger partial charge in [-0.05, 0) is 29.3 Å². The molecule has 1 amide bonds. The third kappa shape index (κ3) is 4.85. The fourth-order valence-electron chi connectivity index (χ4n) is 3.36. The van der Waals surface area contributed by atoms with E-state index >= 15 is 0 Å². The summed E-state index contributed by atoms with van der Waals surface area (Å²) in [5, 5.41) is 20.3. The summed E-state index contributed by atoms with van der Waals surface area (Å²) in [4.78, 5) is 14.3. The van der Waals surface area contributed by atoms with Crippen LogP contribution in [0.4, 0.5) is 0 Å². The lowest BCUT2D eigenvalue weighted by molar-refractivity contribution is -0.126. The number of amides is 1. The molecule has 0 aliphatic carbocycles. The van der Waals surface area contributed by atoms with Crippen molar-refractivity contribution in [1.82, 2.24) is 35.3 Å². The Kier molecular flexibility index (Phi) is 6.16. The molecule has 2 heterocycles. The Morgan fingerprint density at radius 1 is 0.968 bits per heavy atom. The number of nitrogens with zero attached hydrogens (tertiary/aromatic N) is 6. The molecule has 8 nitrogen and oxygen atoms in total. The molecule has 0 aliphatic heterocycles. The first kappa shape index (κ1) is 20.5. The lowest BCUT2D eigenvalue weighted by Crippen LogP contribution is -2.37. The van der Waals surface area contributed by atoms with Crippen molar-refractivity contribution >= 4 is 5.91 Å². The summed E-state index contributed by atoms with van der Waals surface area (Å²) in [7, 11) is 0. The SMILES string of the molecule is CC(C)C(C(=O)NCCc1ccn(-c2ccccc2)n1)n1nnc(-c2ccccc2)n1. The first-order valence-corrected chi connectivity index (χ1v) is 10.3. The third-order valence-corrected chi connectivity index (χ3v) is 4.95. The molecule has 4 rings (SSSR count). The summed E-state index contributed by atoms with van der Waals surface area (Å²) >= 11 is 0. The predicted octanol–water partition coefficient (Wildman–Crippen LogP) is 3.08. The van der Waals surface area contributed by atoms with Crippen molar-refractivity contribution in [3.8, 4) is 17.1 Å². The smallest absolute Gasteiger partial charge is 0.247 e. The van der Waals surface area contributed by atoms with Crippen molar-refractivity contribution in [2.45, 2.75) is 26.3 Å². The van der Waals surface area contributed by atoms with Gasteiger partial charge in [0.15, 0.2) is 6.04 Å². The Hall–Kier alpha value is -3.81. The second kappa shape index (κ2) is 9.34. The first-order chi connectivity index (χ1) is 15.1. The molecular formula is C23H25N7O. The number of tetrazole rings is 1. The summed E-state index contributed by atoms with van der Waals surface area (Å²) in [6, 6.07) is 21.0. The number of carbonyl (C=O) groups is 1. The quantitative estimate of drug-likeness (QED) is 0.478. The van der Waals surface area contributed by atoms with Gasteiger partial charge in [-0.3, -0.25) is 4.79 Å². The lowest BCUT2D eigenvalue weighted by atomic mass is 10.0. The Bertz CT molecular complexity index is 1120. The minimum Gasteiger partial charge on any atom is -0.354 e. The zero-order valence-corrected chi connectivity index (χ0v) is 17.6. The molecule has 0 fully saturated rings. The molecule has 8 heteroatoms. The summed E-state index contributed by atoms with van der Waals surface area (Å²) in [5.41, 5.74) is 2.78. The Morgan fingerprint density at radius 3 is 2.39 bits per heavy atom. The van der Waals surface area contributed by atoms with Crippen LogP contribution in [0.3, 0.4) is 0 Å². The minimum atomic E-state index is -0.535. The first-order valence-electron chi connectivity index (χ1n) is 10.3. The highest BCUT2D eigenvalue weighted by Crippen LogP contribution is 2.18. The van der Waals surface area contributed by atoms with Crippen LogP contribution in [0.2, 0.25) is 0 Å². The number of carbonyl (C=O) groups excluding carboxylic acids is 1. The average Bonchev–Trinajstić information content (AvgIpc) is 3.45. The van der Waals surface area contributed by atoms with E-state index in [0.717, 1.165) is 16.9 Å². The van der Waals surface area contributed by atoms with E-state index in [0.29, 0.717) is 18.8 Å². The van der Waals surface area contributed by atoms with Crippen LogP contribution in [0.15, 0.2) is 72.9 Å². The van der Waals surface area contributed by atoms with Crippen LogP contribution >= 0.6 is 0 Å². The largest absolute Gasteiger partial charge is 0.354 e. The van der Waals surface area contributed by atoms with Crippen LogP contribution in [0.5, 0.6) is 0 Å². The molecule has 31 heavy (non-hydrogen) atoms. The number of aromatic nitrogens is 6. The summed E-state index contributed by atoms with van der Waals surface area (Å²) in [6.45, 7) is 4.42. The van der Waals surface area contributed by atoms with Crippen molar-refractivity contribution in [1.29, 1.82) is 0 Å². The van der Waals surface area contributed by atoms with Gasteiger partial charge in [0.1, 0.15) is 0 Å². The van der Waals surface area contributed by atoms with Crippen molar-refractivity contribution in [3.05, 3.63) is 78.6 Å². The number of hydrogen-bond donors (Lipinski definition) is 1. The number of benzene rings is 2. The lowest BCUT2D eigenvalue weighted by Gasteiger charge is -2.18. The van der Waals surface area contributed by atoms with Gasteiger partial charge in [-0.25, -0.2) is 4.68 Å². The second-order valence-corrected chi connectivity index (χ2v) is 7.62. The van der Waals surface area contributed by atoms with E-state index in [-0.39, 0.29) is 11.8 Å². The van der Waals surface area contributed by atoms with Gasteiger partial charge in [-0.2, -0.15) is 9.90 Å². The van der Waals surface area contributed by atoms with Gasteiger partial charge in [0.05, 0.1) is 11.4 Å². The fraction of sp³-hybridized carbons (Fsp3) is 0.261. The van der Waals surface area contributed by atoms with Crippen molar-refractivity contribution in [2.75, 3.05) is 6.54 Å². The molecule has 158 valence electrons. The number of hydrogen-bond acceptors (Lipinski definition) is 5. The zero-order chi connectivity index (χ0) is 21.6. The Morgan fingerprint density at radius 2 is 1.68 bits per heavy atom. The van der Waals surface area contributed by atoms with E-state index in [9.17, 15) is 4.79 Å². The van der Waals surface area contributed by atoms with Gasteiger partial charge in [-0.1, -0.05) is 62.4 Å².